The Bertz CT molecular complexity index is 278. The van der Waals surface area contributed by atoms with Crippen LogP contribution in [0.1, 0.15) is 5.56 Å². The van der Waals surface area contributed by atoms with Gasteiger partial charge in [-0.05, 0) is 33.6 Å². The monoisotopic (exact) mass is 262 g/mol. The topological polar surface area (TPSA) is 38.0 Å². The number of benzene rings is 1. The second-order valence-electron chi connectivity index (χ2n) is 2.71. The van der Waals surface area contributed by atoms with Crippen molar-refractivity contribution in [2.45, 2.75) is 6.54 Å². The molecule has 0 spiro atoms. The van der Waals surface area contributed by atoms with Crippen LogP contribution in [0.5, 0.6) is 0 Å². The molecule has 0 atom stereocenters. The summed E-state index contributed by atoms with van der Waals surface area (Å²) in [6, 6.07) is 5.88. The van der Waals surface area contributed by atoms with Gasteiger partial charge in [-0.3, -0.25) is 0 Å². The average molecular weight is 264 g/mol. The Hall–Kier alpha value is -0.0900. The van der Waals surface area contributed by atoms with Crippen molar-refractivity contribution in [3.63, 3.8) is 0 Å². The molecule has 1 aromatic carbocycles. The third kappa shape index (κ3) is 3.65. The molecule has 0 bridgehead atoms. The van der Waals surface area contributed by atoms with Crippen molar-refractivity contribution >= 4 is 27.5 Å². The maximum absolute atomic E-state index is 5.85. The number of nitrogens with two attached hydrogens (primary N) is 1. The largest absolute Gasteiger partial charge is 0.329 e. The van der Waals surface area contributed by atoms with Crippen molar-refractivity contribution in [3.8, 4) is 0 Å². The lowest BCUT2D eigenvalue weighted by Gasteiger charge is -2.04. The van der Waals surface area contributed by atoms with E-state index >= 15 is 0 Å². The summed E-state index contributed by atoms with van der Waals surface area (Å²) >= 11 is 9.23. The van der Waals surface area contributed by atoms with Gasteiger partial charge in [-0.25, -0.2) is 0 Å². The number of nitrogens with one attached hydrogen (secondary N) is 1. The van der Waals surface area contributed by atoms with E-state index in [1.165, 1.54) is 5.56 Å². The Morgan fingerprint density at radius 2 is 2.23 bits per heavy atom. The highest BCUT2D eigenvalue weighted by molar-refractivity contribution is 9.10. The van der Waals surface area contributed by atoms with Gasteiger partial charge < -0.3 is 11.1 Å². The highest BCUT2D eigenvalue weighted by atomic mass is 79.9. The standard InChI is InChI=1S/C9H12BrClN2/c10-8-5-7(1-2-9(8)11)6-13-4-3-12/h1-2,5,13H,3-4,6,12H2. The van der Waals surface area contributed by atoms with Gasteiger partial charge in [0.1, 0.15) is 0 Å². The minimum absolute atomic E-state index is 0.661. The number of rotatable bonds is 4. The summed E-state index contributed by atoms with van der Waals surface area (Å²) in [7, 11) is 0. The zero-order valence-electron chi connectivity index (χ0n) is 7.19. The molecule has 0 aliphatic rings. The van der Waals surface area contributed by atoms with Gasteiger partial charge >= 0.3 is 0 Å². The summed E-state index contributed by atoms with van der Waals surface area (Å²) in [5, 5.41) is 3.95. The maximum atomic E-state index is 5.85. The smallest absolute Gasteiger partial charge is 0.0548 e. The van der Waals surface area contributed by atoms with Gasteiger partial charge in [-0.2, -0.15) is 0 Å². The molecule has 0 saturated carbocycles. The second-order valence-corrected chi connectivity index (χ2v) is 3.98. The van der Waals surface area contributed by atoms with Crippen LogP contribution in [-0.2, 0) is 6.54 Å². The molecule has 72 valence electrons. The molecule has 0 amide bonds. The van der Waals surface area contributed by atoms with Crippen molar-refractivity contribution < 1.29 is 0 Å². The van der Waals surface area contributed by atoms with Crippen molar-refractivity contribution in [1.29, 1.82) is 0 Å². The lowest BCUT2D eigenvalue weighted by molar-refractivity contribution is 0.695. The Kier molecular flexibility index (Phi) is 4.73. The Morgan fingerprint density at radius 1 is 1.46 bits per heavy atom. The summed E-state index contributed by atoms with van der Waals surface area (Å²) in [5.41, 5.74) is 6.55. The van der Waals surface area contributed by atoms with Gasteiger partial charge in [0.2, 0.25) is 0 Å². The van der Waals surface area contributed by atoms with Gasteiger partial charge in [0, 0.05) is 24.1 Å². The van der Waals surface area contributed by atoms with Crippen molar-refractivity contribution in [2.75, 3.05) is 13.1 Å². The zero-order valence-corrected chi connectivity index (χ0v) is 9.53. The van der Waals surface area contributed by atoms with Gasteiger partial charge in [0.05, 0.1) is 5.02 Å². The molecule has 0 radical (unpaired) electrons. The summed E-state index contributed by atoms with van der Waals surface area (Å²) in [4.78, 5) is 0. The Morgan fingerprint density at radius 3 is 2.85 bits per heavy atom. The Labute approximate surface area is 91.6 Å². The average Bonchev–Trinajstić information content (AvgIpc) is 2.12. The molecule has 0 saturated heterocycles. The van der Waals surface area contributed by atoms with Crippen LogP contribution in [0, 0.1) is 0 Å². The molecule has 0 aromatic heterocycles. The van der Waals surface area contributed by atoms with Crippen molar-refractivity contribution in [1.82, 2.24) is 5.32 Å². The zero-order chi connectivity index (χ0) is 9.68. The van der Waals surface area contributed by atoms with Gasteiger partial charge in [0.15, 0.2) is 0 Å². The van der Waals surface area contributed by atoms with E-state index in [-0.39, 0.29) is 0 Å². The van der Waals surface area contributed by atoms with Crippen molar-refractivity contribution in [3.05, 3.63) is 33.3 Å². The van der Waals surface area contributed by atoms with E-state index in [4.69, 9.17) is 17.3 Å². The molecular formula is C9H12BrClN2. The van der Waals surface area contributed by atoms with Crippen LogP contribution >= 0.6 is 27.5 Å². The second kappa shape index (κ2) is 5.60. The van der Waals surface area contributed by atoms with Crippen LogP contribution in [-0.4, -0.2) is 13.1 Å². The maximum Gasteiger partial charge on any atom is 0.0548 e. The lowest BCUT2D eigenvalue weighted by Crippen LogP contribution is -2.21. The van der Waals surface area contributed by atoms with Crippen LogP contribution < -0.4 is 11.1 Å². The molecule has 0 aliphatic carbocycles. The fraction of sp³-hybridized carbons (Fsp3) is 0.333. The fourth-order valence-electron chi connectivity index (χ4n) is 0.984. The van der Waals surface area contributed by atoms with E-state index in [0.29, 0.717) is 6.54 Å². The summed E-state index contributed by atoms with van der Waals surface area (Å²) in [6.07, 6.45) is 0. The van der Waals surface area contributed by atoms with Crippen LogP contribution in [0.4, 0.5) is 0 Å². The van der Waals surface area contributed by atoms with E-state index in [9.17, 15) is 0 Å². The molecule has 0 fully saturated rings. The summed E-state index contributed by atoms with van der Waals surface area (Å²) < 4.78 is 0.932. The molecule has 1 aromatic rings. The van der Waals surface area contributed by atoms with E-state index in [2.05, 4.69) is 21.2 Å². The summed E-state index contributed by atoms with van der Waals surface area (Å²) in [6.45, 7) is 2.32. The van der Waals surface area contributed by atoms with E-state index in [1.54, 1.807) is 0 Å². The van der Waals surface area contributed by atoms with Crippen LogP contribution in [0.15, 0.2) is 22.7 Å². The molecule has 2 nitrogen and oxygen atoms in total. The molecule has 13 heavy (non-hydrogen) atoms. The number of halogens is 2. The fourth-order valence-corrected chi connectivity index (χ4v) is 1.53. The first-order chi connectivity index (χ1) is 6.24. The molecule has 4 heteroatoms. The molecule has 0 unspecified atom stereocenters. The minimum atomic E-state index is 0.661. The van der Waals surface area contributed by atoms with Gasteiger partial charge in [0.25, 0.3) is 0 Å². The van der Waals surface area contributed by atoms with Gasteiger partial charge in [-0.1, -0.05) is 17.7 Å². The SMILES string of the molecule is NCCNCc1ccc(Cl)c(Br)c1. The molecule has 1 rings (SSSR count). The van der Waals surface area contributed by atoms with Crippen LogP contribution in [0.3, 0.4) is 0 Å². The van der Waals surface area contributed by atoms with Crippen LogP contribution in [0.25, 0.3) is 0 Å². The minimum Gasteiger partial charge on any atom is -0.329 e. The molecular weight excluding hydrogens is 251 g/mol. The predicted molar refractivity (Wildman–Crippen MR) is 59.9 cm³/mol. The Balaban J connectivity index is 2.53. The predicted octanol–water partition coefficient (Wildman–Crippen LogP) is 2.15. The van der Waals surface area contributed by atoms with E-state index in [0.717, 1.165) is 22.6 Å². The first kappa shape index (κ1) is 11.0. The van der Waals surface area contributed by atoms with Gasteiger partial charge in [-0.15, -0.1) is 0 Å². The lowest BCUT2D eigenvalue weighted by atomic mass is 10.2. The molecule has 0 aliphatic heterocycles. The van der Waals surface area contributed by atoms with E-state index < -0.39 is 0 Å². The highest BCUT2D eigenvalue weighted by Gasteiger charge is 1.97. The summed E-state index contributed by atoms with van der Waals surface area (Å²) in [5.74, 6) is 0. The normalized spacial score (nSPS) is 10.4. The van der Waals surface area contributed by atoms with Crippen molar-refractivity contribution in [2.24, 2.45) is 5.73 Å². The molecule has 0 heterocycles. The molecule has 3 N–H and O–H groups in total. The number of hydrogen-bond donors (Lipinski definition) is 2. The third-order valence-electron chi connectivity index (χ3n) is 1.63. The first-order valence-electron chi connectivity index (χ1n) is 4.08. The quantitative estimate of drug-likeness (QED) is 0.817. The number of hydrogen-bond acceptors (Lipinski definition) is 2. The first-order valence-corrected chi connectivity index (χ1v) is 5.26. The van der Waals surface area contributed by atoms with Crippen LogP contribution in [0.2, 0.25) is 5.02 Å². The third-order valence-corrected chi connectivity index (χ3v) is 2.85. The highest BCUT2D eigenvalue weighted by Crippen LogP contribution is 2.22. The van der Waals surface area contributed by atoms with E-state index in [1.807, 2.05) is 18.2 Å².